The summed E-state index contributed by atoms with van der Waals surface area (Å²) in [5, 5.41) is 2.74. The third kappa shape index (κ3) is 4.90. The third-order valence-corrected chi connectivity index (χ3v) is 6.01. The molecule has 0 aliphatic rings. The lowest BCUT2D eigenvalue weighted by molar-refractivity contribution is -0.116. The molecule has 1 N–H and O–H groups in total. The second-order valence-electron chi connectivity index (χ2n) is 6.05. The van der Waals surface area contributed by atoms with Gasteiger partial charge >= 0.3 is 0 Å². The topological polar surface area (TPSA) is 66.5 Å². The number of amides is 1. The van der Waals surface area contributed by atoms with Gasteiger partial charge in [-0.25, -0.2) is 8.42 Å². The highest BCUT2D eigenvalue weighted by atomic mass is 32.2. The lowest BCUT2D eigenvalue weighted by Gasteiger charge is -2.17. The summed E-state index contributed by atoms with van der Waals surface area (Å²) in [6.45, 7) is 4.03. The Morgan fingerprint density at radius 2 is 1.68 bits per heavy atom. The molecule has 1 amide bonds. The van der Waals surface area contributed by atoms with E-state index in [0.29, 0.717) is 11.6 Å². The van der Waals surface area contributed by atoms with Crippen molar-refractivity contribution in [2.24, 2.45) is 0 Å². The normalized spacial score (nSPS) is 12.8. The number of carbonyl (C=O) groups excluding carboxylic acids is 1. The Hall–Kier alpha value is -2.18. The zero-order valence-electron chi connectivity index (χ0n) is 14.8. The molecule has 0 fully saturated rings. The number of benzene rings is 2. The maximum Gasteiger partial charge on any atom is 0.243 e. The van der Waals surface area contributed by atoms with Crippen LogP contribution in [0, 0.1) is 0 Å². The summed E-state index contributed by atoms with van der Waals surface area (Å²) in [5.41, 5.74) is 1.87. The average molecular weight is 360 g/mol. The van der Waals surface area contributed by atoms with Crippen LogP contribution in [0.5, 0.6) is 0 Å². The van der Waals surface area contributed by atoms with Crippen molar-refractivity contribution in [3.05, 3.63) is 60.2 Å². The minimum atomic E-state index is -3.68. The second kappa shape index (κ2) is 8.27. The van der Waals surface area contributed by atoms with Crippen LogP contribution in [0.2, 0.25) is 0 Å². The molecule has 6 heteroatoms. The number of carbonyl (C=O) groups is 1. The van der Waals surface area contributed by atoms with Crippen LogP contribution in [0.4, 0.5) is 5.69 Å². The van der Waals surface area contributed by atoms with E-state index in [2.05, 4.69) is 19.2 Å². The van der Waals surface area contributed by atoms with Gasteiger partial charge in [0.1, 0.15) is 0 Å². The fourth-order valence-electron chi connectivity index (χ4n) is 2.39. The first-order chi connectivity index (χ1) is 11.8. The molecule has 2 aromatic rings. The molecule has 2 aromatic carbocycles. The second-order valence-corrected chi connectivity index (χ2v) is 8.10. The molecule has 0 radical (unpaired) electrons. The molecule has 0 bridgehead atoms. The number of rotatable bonds is 7. The smallest absolute Gasteiger partial charge is 0.243 e. The summed E-state index contributed by atoms with van der Waals surface area (Å²) >= 11 is 0. The van der Waals surface area contributed by atoms with Crippen LogP contribution in [-0.4, -0.2) is 32.2 Å². The Labute approximate surface area is 149 Å². The van der Waals surface area contributed by atoms with Gasteiger partial charge in [-0.3, -0.25) is 4.79 Å². The number of nitrogens with zero attached hydrogens (tertiary/aromatic N) is 1. The molecule has 5 nitrogen and oxygen atoms in total. The highest BCUT2D eigenvalue weighted by Crippen LogP contribution is 2.20. The summed E-state index contributed by atoms with van der Waals surface area (Å²) in [6, 6.07) is 15.7. The van der Waals surface area contributed by atoms with E-state index < -0.39 is 10.0 Å². The zero-order valence-corrected chi connectivity index (χ0v) is 15.6. The lowest BCUT2D eigenvalue weighted by atomic mass is 9.99. The van der Waals surface area contributed by atoms with Gasteiger partial charge in [-0.1, -0.05) is 44.2 Å². The predicted octanol–water partition coefficient (Wildman–Crippen LogP) is 3.46. The zero-order chi connectivity index (χ0) is 18.4. The number of hydrogen-bond acceptors (Lipinski definition) is 3. The quantitative estimate of drug-likeness (QED) is 0.822. The van der Waals surface area contributed by atoms with Crippen molar-refractivity contribution in [1.29, 1.82) is 0 Å². The van der Waals surface area contributed by atoms with Crippen molar-refractivity contribution in [3.63, 3.8) is 0 Å². The monoisotopic (exact) mass is 360 g/mol. The number of anilines is 1. The van der Waals surface area contributed by atoms with Gasteiger partial charge in [0.15, 0.2) is 0 Å². The summed E-state index contributed by atoms with van der Waals surface area (Å²) in [4.78, 5) is 12.3. The van der Waals surface area contributed by atoms with E-state index in [1.54, 1.807) is 18.2 Å². The minimum Gasteiger partial charge on any atom is -0.325 e. The van der Waals surface area contributed by atoms with Crippen LogP contribution in [0.25, 0.3) is 0 Å². The van der Waals surface area contributed by atoms with E-state index in [1.165, 1.54) is 24.7 Å². The van der Waals surface area contributed by atoms with Gasteiger partial charge in [-0.2, -0.15) is 4.31 Å². The summed E-state index contributed by atoms with van der Waals surface area (Å²) in [7, 11) is -2.28. The van der Waals surface area contributed by atoms with Crippen LogP contribution >= 0.6 is 0 Å². The van der Waals surface area contributed by atoms with Gasteiger partial charge < -0.3 is 5.32 Å². The molecule has 0 saturated heterocycles. The molecule has 0 unspecified atom stereocenters. The van der Waals surface area contributed by atoms with E-state index in [4.69, 9.17) is 0 Å². The number of nitrogens with one attached hydrogen (secondary N) is 1. The maximum absolute atomic E-state index is 12.4. The van der Waals surface area contributed by atoms with Gasteiger partial charge in [0.2, 0.25) is 15.9 Å². The number of likely N-dealkylation sites (N-methyl/N-ethyl adjacent to an activating group) is 1. The maximum atomic E-state index is 12.4. The fraction of sp³-hybridized carbons (Fsp3) is 0.316. The van der Waals surface area contributed by atoms with Gasteiger partial charge in [0.05, 0.1) is 11.4 Å². The minimum absolute atomic E-state index is 0.170. The lowest BCUT2D eigenvalue weighted by Crippen LogP contribution is -2.34. The fourth-order valence-corrected chi connectivity index (χ4v) is 3.54. The van der Waals surface area contributed by atoms with Gasteiger partial charge in [-0.15, -0.1) is 0 Å². The number of sulfonamides is 1. The van der Waals surface area contributed by atoms with Crippen molar-refractivity contribution < 1.29 is 13.2 Å². The van der Waals surface area contributed by atoms with Crippen molar-refractivity contribution in [1.82, 2.24) is 4.31 Å². The van der Waals surface area contributed by atoms with Crippen LogP contribution < -0.4 is 5.32 Å². The van der Waals surface area contributed by atoms with Gasteiger partial charge in [0, 0.05) is 12.7 Å². The predicted molar refractivity (Wildman–Crippen MR) is 100 cm³/mol. The first kappa shape index (κ1) is 19.1. The largest absolute Gasteiger partial charge is 0.325 e. The number of hydrogen-bond donors (Lipinski definition) is 1. The van der Waals surface area contributed by atoms with E-state index in [-0.39, 0.29) is 17.3 Å². The van der Waals surface area contributed by atoms with Crippen LogP contribution in [0.3, 0.4) is 0 Å². The molecule has 134 valence electrons. The standard InChI is InChI=1S/C19H24N2O3S/c1-4-15(2)16-10-12-17(13-11-16)20-19(22)14-21(3)25(23,24)18-8-6-5-7-9-18/h5-13,15H,4,14H2,1-3H3,(H,20,22)/t15-/m0/s1. The first-order valence-electron chi connectivity index (χ1n) is 8.25. The van der Waals surface area contributed by atoms with Crippen LogP contribution in [-0.2, 0) is 14.8 Å². The Balaban J connectivity index is 2.00. The SMILES string of the molecule is CC[C@H](C)c1ccc(NC(=O)CN(C)S(=O)(=O)c2ccccc2)cc1. The van der Waals surface area contributed by atoms with Crippen molar-refractivity contribution in [2.75, 3.05) is 18.9 Å². The van der Waals surface area contributed by atoms with Crippen molar-refractivity contribution >= 4 is 21.6 Å². The molecule has 0 saturated carbocycles. The van der Waals surface area contributed by atoms with Gasteiger partial charge in [0.25, 0.3) is 0 Å². The molecular weight excluding hydrogens is 336 g/mol. The molecule has 1 atom stereocenters. The van der Waals surface area contributed by atoms with E-state index in [1.807, 2.05) is 24.3 Å². The Morgan fingerprint density at radius 3 is 2.24 bits per heavy atom. The molecule has 25 heavy (non-hydrogen) atoms. The molecule has 0 heterocycles. The average Bonchev–Trinajstić information content (AvgIpc) is 2.62. The van der Waals surface area contributed by atoms with E-state index in [9.17, 15) is 13.2 Å². The Morgan fingerprint density at radius 1 is 1.08 bits per heavy atom. The van der Waals surface area contributed by atoms with Crippen molar-refractivity contribution in [3.8, 4) is 0 Å². The molecule has 0 aliphatic carbocycles. The summed E-state index contributed by atoms with van der Waals surface area (Å²) in [6.07, 6.45) is 1.05. The Bertz CT molecular complexity index is 802. The summed E-state index contributed by atoms with van der Waals surface area (Å²) < 4.78 is 25.9. The molecule has 0 aliphatic heterocycles. The van der Waals surface area contributed by atoms with Gasteiger partial charge in [-0.05, 0) is 42.2 Å². The first-order valence-corrected chi connectivity index (χ1v) is 9.69. The highest BCUT2D eigenvalue weighted by Gasteiger charge is 2.22. The van der Waals surface area contributed by atoms with E-state index >= 15 is 0 Å². The summed E-state index contributed by atoms with van der Waals surface area (Å²) in [5.74, 6) is 0.0881. The van der Waals surface area contributed by atoms with Crippen LogP contribution in [0.15, 0.2) is 59.5 Å². The third-order valence-electron chi connectivity index (χ3n) is 4.19. The Kier molecular flexibility index (Phi) is 6.33. The highest BCUT2D eigenvalue weighted by molar-refractivity contribution is 7.89. The molecule has 0 spiro atoms. The van der Waals surface area contributed by atoms with Crippen LogP contribution in [0.1, 0.15) is 31.7 Å². The van der Waals surface area contributed by atoms with Crippen molar-refractivity contribution in [2.45, 2.75) is 31.1 Å². The molecule has 0 aromatic heterocycles. The van der Waals surface area contributed by atoms with E-state index in [0.717, 1.165) is 10.7 Å². The molecule has 2 rings (SSSR count). The molecular formula is C19H24N2O3S.